The minimum absolute atomic E-state index is 0.132. The maximum absolute atomic E-state index is 12.7. The zero-order valence-corrected chi connectivity index (χ0v) is 21.4. The number of ether oxygens (including phenoxy) is 2. The van der Waals surface area contributed by atoms with Gasteiger partial charge in [0.25, 0.3) is 0 Å². The van der Waals surface area contributed by atoms with Crippen LogP contribution in [0.3, 0.4) is 0 Å². The summed E-state index contributed by atoms with van der Waals surface area (Å²) in [5, 5.41) is 11.8. The van der Waals surface area contributed by atoms with Crippen molar-refractivity contribution in [3.8, 4) is 22.9 Å². The topological polar surface area (TPSA) is 116 Å². The lowest BCUT2D eigenvalue weighted by atomic mass is 10.2. The van der Waals surface area contributed by atoms with Crippen LogP contribution in [-0.4, -0.2) is 66.5 Å². The first-order valence-electron chi connectivity index (χ1n) is 11.0. The van der Waals surface area contributed by atoms with Crippen molar-refractivity contribution in [2.75, 3.05) is 38.4 Å². The molecule has 1 aliphatic heterocycles. The summed E-state index contributed by atoms with van der Waals surface area (Å²) in [6.07, 6.45) is 1.78. The Kier molecular flexibility index (Phi) is 7.63. The molecule has 1 saturated heterocycles. The third-order valence-electron chi connectivity index (χ3n) is 5.65. The second-order valence-corrected chi connectivity index (χ2v) is 10.8. The van der Waals surface area contributed by atoms with E-state index in [0.717, 1.165) is 18.4 Å². The normalized spacial score (nSPS) is 14.1. The summed E-state index contributed by atoms with van der Waals surface area (Å²) in [5.74, 6) is 1.61. The molecular weight excluding hydrogens is 490 g/mol. The molecule has 12 heteroatoms. The van der Waals surface area contributed by atoms with Crippen LogP contribution in [0.15, 0.2) is 52.5 Å². The van der Waals surface area contributed by atoms with Gasteiger partial charge < -0.3 is 19.4 Å². The molecule has 186 valence electrons. The van der Waals surface area contributed by atoms with Crippen molar-refractivity contribution in [2.45, 2.75) is 22.9 Å². The smallest absolute Gasteiger partial charge is 0.243 e. The number of nitrogens with zero attached hydrogens (tertiary/aromatic N) is 4. The number of nitrogens with one attached hydrogen (secondary N) is 1. The lowest BCUT2D eigenvalue weighted by molar-refractivity contribution is -0.113. The van der Waals surface area contributed by atoms with Crippen LogP contribution in [0.4, 0.5) is 5.69 Å². The van der Waals surface area contributed by atoms with Gasteiger partial charge in [-0.25, -0.2) is 8.42 Å². The number of carbonyl (C=O) groups is 1. The molecule has 1 fully saturated rings. The fourth-order valence-electron chi connectivity index (χ4n) is 3.79. The largest absolute Gasteiger partial charge is 0.493 e. The van der Waals surface area contributed by atoms with Crippen LogP contribution in [0, 0.1) is 0 Å². The first-order chi connectivity index (χ1) is 16.8. The molecule has 2 heterocycles. The Bertz CT molecular complexity index is 1300. The third kappa shape index (κ3) is 5.44. The summed E-state index contributed by atoms with van der Waals surface area (Å²) in [7, 11) is 1.42. The molecule has 0 spiro atoms. The van der Waals surface area contributed by atoms with Crippen LogP contribution < -0.4 is 14.8 Å². The second kappa shape index (κ2) is 10.7. The van der Waals surface area contributed by atoms with Gasteiger partial charge in [0.15, 0.2) is 22.5 Å². The standard InChI is InChI=1S/C23H27N5O5S2/c1-27-22(16-6-9-18(10-7-16)35(30,31)28-12-4-5-13-28)25-26-23(27)34-15-21(29)24-17-8-11-19(32-2)20(14-17)33-3/h6-11,14H,4-5,12-13,15H2,1-3H3,(H,24,29). The van der Waals surface area contributed by atoms with E-state index in [-0.39, 0.29) is 16.6 Å². The number of methoxy groups -OCH3 is 2. The highest BCUT2D eigenvalue weighted by Gasteiger charge is 2.27. The Labute approximate surface area is 208 Å². The highest BCUT2D eigenvalue weighted by Crippen LogP contribution is 2.30. The molecule has 1 aliphatic rings. The number of sulfonamides is 1. The molecule has 2 aromatic carbocycles. The van der Waals surface area contributed by atoms with E-state index in [9.17, 15) is 13.2 Å². The van der Waals surface area contributed by atoms with Crippen molar-refractivity contribution in [3.05, 3.63) is 42.5 Å². The molecule has 1 amide bonds. The molecule has 1 N–H and O–H groups in total. The average molecular weight is 518 g/mol. The van der Waals surface area contributed by atoms with Crippen LogP contribution in [0.1, 0.15) is 12.8 Å². The fourth-order valence-corrected chi connectivity index (χ4v) is 6.01. The van der Waals surface area contributed by atoms with Gasteiger partial charge in [-0.1, -0.05) is 11.8 Å². The predicted octanol–water partition coefficient (Wildman–Crippen LogP) is 3.01. The molecule has 0 atom stereocenters. The Morgan fingerprint density at radius 1 is 1.03 bits per heavy atom. The molecule has 4 rings (SSSR count). The van der Waals surface area contributed by atoms with Gasteiger partial charge in [0.2, 0.25) is 15.9 Å². The lowest BCUT2D eigenvalue weighted by Crippen LogP contribution is -2.27. The average Bonchev–Trinajstić information content (AvgIpc) is 3.53. The summed E-state index contributed by atoms with van der Waals surface area (Å²) in [6.45, 7) is 1.13. The van der Waals surface area contributed by atoms with Crippen molar-refractivity contribution in [2.24, 2.45) is 7.05 Å². The van der Waals surface area contributed by atoms with E-state index in [1.807, 2.05) is 0 Å². The number of rotatable bonds is 9. The molecule has 10 nitrogen and oxygen atoms in total. The van der Waals surface area contributed by atoms with Crippen LogP contribution in [-0.2, 0) is 21.9 Å². The highest BCUT2D eigenvalue weighted by atomic mass is 32.2. The van der Waals surface area contributed by atoms with Crippen molar-refractivity contribution < 1.29 is 22.7 Å². The number of benzene rings is 2. The number of hydrogen-bond donors (Lipinski definition) is 1. The first-order valence-corrected chi connectivity index (χ1v) is 13.4. The zero-order chi connectivity index (χ0) is 25.0. The number of thioether (sulfide) groups is 1. The van der Waals surface area contributed by atoms with E-state index in [1.165, 1.54) is 23.2 Å². The Hall–Kier alpha value is -3.09. The predicted molar refractivity (Wildman–Crippen MR) is 133 cm³/mol. The molecule has 0 unspecified atom stereocenters. The van der Waals surface area contributed by atoms with E-state index in [4.69, 9.17) is 9.47 Å². The van der Waals surface area contributed by atoms with Gasteiger partial charge in [0.1, 0.15) is 0 Å². The van der Waals surface area contributed by atoms with Crippen molar-refractivity contribution in [3.63, 3.8) is 0 Å². The molecule has 0 saturated carbocycles. The maximum atomic E-state index is 12.7. The molecule has 0 aliphatic carbocycles. The number of aromatic nitrogens is 3. The number of amides is 1. The summed E-state index contributed by atoms with van der Waals surface area (Å²) >= 11 is 1.25. The molecule has 35 heavy (non-hydrogen) atoms. The third-order valence-corrected chi connectivity index (χ3v) is 8.58. The van der Waals surface area contributed by atoms with Crippen LogP contribution in [0.5, 0.6) is 11.5 Å². The highest BCUT2D eigenvalue weighted by molar-refractivity contribution is 7.99. The van der Waals surface area contributed by atoms with Crippen molar-refractivity contribution in [1.29, 1.82) is 0 Å². The Balaban J connectivity index is 1.40. The van der Waals surface area contributed by atoms with Gasteiger partial charge in [-0.15, -0.1) is 10.2 Å². The van der Waals surface area contributed by atoms with E-state index in [2.05, 4.69) is 15.5 Å². The van der Waals surface area contributed by atoms with E-state index in [0.29, 0.717) is 41.3 Å². The van der Waals surface area contributed by atoms with Gasteiger partial charge >= 0.3 is 0 Å². The van der Waals surface area contributed by atoms with Gasteiger partial charge in [0, 0.05) is 37.5 Å². The summed E-state index contributed by atoms with van der Waals surface area (Å²) < 4.78 is 39.2. The van der Waals surface area contributed by atoms with E-state index >= 15 is 0 Å². The lowest BCUT2D eigenvalue weighted by Gasteiger charge is -2.15. The summed E-state index contributed by atoms with van der Waals surface area (Å²) in [4.78, 5) is 12.7. The number of hydrogen-bond acceptors (Lipinski definition) is 8. The van der Waals surface area contributed by atoms with Crippen molar-refractivity contribution in [1.82, 2.24) is 19.1 Å². The molecular formula is C23H27N5O5S2. The molecule has 1 aromatic heterocycles. The SMILES string of the molecule is COc1ccc(NC(=O)CSc2nnc(-c3ccc(S(=O)(=O)N4CCCC4)cc3)n2C)cc1OC. The summed E-state index contributed by atoms with van der Waals surface area (Å²) in [6, 6.07) is 11.8. The van der Waals surface area contributed by atoms with Crippen molar-refractivity contribution >= 4 is 33.4 Å². The van der Waals surface area contributed by atoms with Gasteiger partial charge in [-0.2, -0.15) is 4.31 Å². The first kappa shape index (κ1) is 25.0. The zero-order valence-electron chi connectivity index (χ0n) is 19.7. The molecule has 3 aromatic rings. The summed E-state index contributed by atoms with van der Waals surface area (Å²) in [5.41, 5.74) is 1.33. The second-order valence-electron chi connectivity index (χ2n) is 7.91. The monoisotopic (exact) mass is 517 g/mol. The Morgan fingerprint density at radius 3 is 2.37 bits per heavy atom. The van der Waals surface area contributed by atoms with Crippen LogP contribution >= 0.6 is 11.8 Å². The Morgan fingerprint density at radius 2 is 1.71 bits per heavy atom. The van der Waals surface area contributed by atoms with Gasteiger partial charge in [0.05, 0.1) is 24.9 Å². The number of anilines is 1. The van der Waals surface area contributed by atoms with E-state index < -0.39 is 10.0 Å². The quantitative estimate of drug-likeness (QED) is 0.431. The minimum atomic E-state index is -3.47. The molecule has 0 bridgehead atoms. The van der Waals surface area contributed by atoms with Crippen LogP contribution in [0.2, 0.25) is 0 Å². The van der Waals surface area contributed by atoms with E-state index in [1.54, 1.807) is 61.2 Å². The van der Waals surface area contributed by atoms with Crippen LogP contribution in [0.25, 0.3) is 11.4 Å². The number of carbonyl (C=O) groups excluding carboxylic acids is 1. The minimum Gasteiger partial charge on any atom is -0.493 e. The van der Waals surface area contributed by atoms with Gasteiger partial charge in [-0.3, -0.25) is 4.79 Å². The molecule has 0 radical (unpaired) electrons. The maximum Gasteiger partial charge on any atom is 0.243 e. The fraction of sp³-hybridized carbons (Fsp3) is 0.348. The van der Waals surface area contributed by atoms with Gasteiger partial charge in [-0.05, 0) is 49.2 Å².